The zero-order valence-corrected chi connectivity index (χ0v) is 20.3. The second-order valence-corrected chi connectivity index (χ2v) is 7.12. The van der Waals surface area contributed by atoms with Crippen molar-refractivity contribution in [2.24, 2.45) is 10.9 Å². The topological polar surface area (TPSA) is 63.2 Å². The molecule has 0 amide bonds. The fraction of sp³-hybridized carbons (Fsp3) is 0.636. The number of unbranched alkanes of at least 4 members (excludes halogenated alkanes) is 1. The molecule has 0 atom stereocenters. The zero-order chi connectivity index (χ0) is 20.2. The molecule has 0 aliphatic carbocycles. The van der Waals surface area contributed by atoms with E-state index in [-0.39, 0.29) is 35.9 Å². The smallest absolute Gasteiger partial charge is 0.309 e. The standard InChI is InChI=1S/C22H35N3O3.HI/c1-4-23-22(25-15-12-19(13-16-25)21(26)27-5-2)24-14-6-7-17-28-20-10-8-18(3)9-11-20;/h8-11,19H,4-7,12-17H2,1-3H3,(H,23,24);1H. The summed E-state index contributed by atoms with van der Waals surface area (Å²) in [4.78, 5) is 18.9. The largest absolute Gasteiger partial charge is 0.494 e. The van der Waals surface area contributed by atoms with Gasteiger partial charge in [0.15, 0.2) is 5.96 Å². The number of guanidine groups is 1. The van der Waals surface area contributed by atoms with Gasteiger partial charge in [0.1, 0.15) is 5.75 Å². The average Bonchev–Trinajstić information content (AvgIpc) is 2.71. The third-order valence-corrected chi connectivity index (χ3v) is 4.85. The number of aryl methyl sites for hydroxylation is 1. The van der Waals surface area contributed by atoms with Gasteiger partial charge in [-0.15, -0.1) is 24.0 Å². The number of rotatable bonds is 9. The number of aliphatic imine (C=N–C) groups is 1. The van der Waals surface area contributed by atoms with Crippen molar-refractivity contribution in [2.45, 2.75) is 46.5 Å². The van der Waals surface area contributed by atoms with E-state index >= 15 is 0 Å². The van der Waals surface area contributed by atoms with E-state index < -0.39 is 0 Å². The van der Waals surface area contributed by atoms with E-state index in [1.807, 2.05) is 19.1 Å². The molecule has 1 aromatic carbocycles. The molecule has 1 aliphatic rings. The van der Waals surface area contributed by atoms with E-state index in [4.69, 9.17) is 14.5 Å². The number of piperidine rings is 1. The molecule has 7 heteroatoms. The van der Waals surface area contributed by atoms with Crippen LogP contribution in [0.2, 0.25) is 0 Å². The zero-order valence-electron chi connectivity index (χ0n) is 18.0. The van der Waals surface area contributed by atoms with Crippen LogP contribution in [-0.4, -0.2) is 56.2 Å². The van der Waals surface area contributed by atoms with Crippen molar-refractivity contribution in [3.8, 4) is 5.75 Å². The number of carbonyl (C=O) groups excluding carboxylic acids is 1. The average molecular weight is 517 g/mol. The Balaban J connectivity index is 0.00000420. The number of hydrogen-bond donors (Lipinski definition) is 1. The molecule has 2 rings (SSSR count). The van der Waals surface area contributed by atoms with Gasteiger partial charge >= 0.3 is 5.97 Å². The maximum atomic E-state index is 11.9. The molecule has 0 unspecified atom stereocenters. The molecule has 1 saturated heterocycles. The number of esters is 1. The summed E-state index contributed by atoms with van der Waals surface area (Å²) in [6.45, 7) is 10.5. The van der Waals surface area contributed by atoms with Gasteiger partial charge in [-0.1, -0.05) is 17.7 Å². The molecule has 0 spiro atoms. The number of halogens is 1. The van der Waals surface area contributed by atoms with Crippen LogP contribution in [0.4, 0.5) is 0 Å². The van der Waals surface area contributed by atoms with Gasteiger partial charge < -0.3 is 19.7 Å². The van der Waals surface area contributed by atoms with Crippen LogP contribution < -0.4 is 10.1 Å². The van der Waals surface area contributed by atoms with E-state index in [9.17, 15) is 4.79 Å². The maximum absolute atomic E-state index is 11.9. The highest BCUT2D eigenvalue weighted by Crippen LogP contribution is 2.19. The first-order valence-electron chi connectivity index (χ1n) is 10.5. The van der Waals surface area contributed by atoms with Crippen molar-refractivity contribution >= 4 is 35.9 Å². The Morgan fingerprint density at radius 1 is 1.17 bits per heavy atom. The number of benzene rings is 1. The first-order chi connectivity index (χ1) is 13.6. The molecule has 1 aliphatic heterocycles. The van der Waals surface area contributed by atoms with Gasteiger partial charge in [0.05, 0.1) is 19.1 Å². The van der Waals surface area contributed by atoms with Gasteiger partial charge in [-0.25, -0.2) is 0 Å². The minimum Gasteiger partial charge on any atom is -0.494 e. The summed E-state index contributed by atoms with van der Waals surface area (Å²) in [5, 5.41) is 3.37. The van der Waals surface area contributed by atoms with E-state index in [1.54, 1.807) is 0 Å². The number of nitrogens with one attached hydrogen (secondary N) is 1. The molecule has 29 heavy (non-hydrogen) atoms. The van der Waals surface area contributed by atoms with Gasteiger partial charge in [0.2, 0.25) is 0 Å². The summed E-state index contributed by atoms with van der Waals surface area (Å²) in [7, 11) is 0. The summed E-state index contributed by atoms with van der Waals surface area (Å²) < 4.78 is 10.9. The van der Waals surface area contributed by atoms with Crippen molar-refractivity contribution in [1.82, 2.24) is 10.2 Å². The van der Waals surface area contributed by atoms with Gasteiger partial charge in [0, 0.05) is 26.2 Å². The Hall–Kier alpha value is -1.51. The predicted octanol–water partition coefficient (Wildman–Crippen LogP) is 4.01. The van der Waals surface area contributed by atoms with Crippen LogP contribution in [0.5, 0.6) is 5.75 Å². The Morgan fingerprint density at radius 3 is 2.48 bits per heavy atom. The lowest BCUT2D eigenvalue weighted by molar-refractivity contribution is -0.149. The summed E-state index contributed by atoms with van der Waals surface area (Å²) in [6, 6.07) is 8.15. The van der Waals surface area contributed by atoms with Crippen LogP contribution >= 0.6 is 24.0 Å². The molecular formula is C22H36IN3O3. The molecule has 6 nitrogen and oxygen atoms in total. The monoisotopic (exact) mass is 517 g/mol. The maximum Gasteiger partial charge on any atom is 0.309 e. The molecule has 0 radical (unpaired) electrons. The predicted molar refractivity (Wildman–Crippen MR) is 128 cm³/mol. The fourth-order valence-corrected chi connectivity index (χ4v) is 3.24. The first kappa shape index (κ1) is 25.5. The van der Waals surface area contributed by atoms with E-state index in [0.29, 0.717) is 13.2 Å². The van der Waals surface area contributed by atoms with Crippen LogP contribution in [0.1, 0.15) is 45.1 Å². The highest BCUT2D eigenvalue weighted by atomic mass is 127. The van der Waals surface area contributed by atoms with E-state index in [1.165, 1.54) is 5.56 Å². The van der Waals surface area contributed by atoms with Crippen molar-refractivity contribution in [3.05, 3.63) is 29.8 Å². The van der Waals surface area contributed by atoms with E-state index in [2.05, 4.69) is 36.2 Å². The van der Waals surface area contributed by atoms with Gasteiger partial charge in [-0.3, -0.25) is 9.79 Å². The summed E-state index contributed by atoms with van der Waals surface area (Å²) in [6.07, 6.45) is 3.61. The summed E-state index contributed by atoms with van der Waals surface area (Å²) in [5.74, 6) is 1.84. The number of carbonyl (C=O) groups is 1. The van der Waals surface area contributed by atoms with Crippen molar-refractivity contribution in [1.29, 1.82) is 0 Å². The van der Waals surface area contributed by atoms with Gasteiger partial charge in [-0.05, 0) is 58.6 Å². The Morgan fingerprint density at radius 2 is 1.86 bits per heavy atom. The molecule has 0 bridgehead atoms. The van der Waals surface area contributed by atoms with Crippen molar-refractivity contribution in [2.75, 3.05) is 39.4 Å². The highest BCUT2D eigenvalue weighted by molar-refractivity contribution is 14.0. The molecule has 0 aromatic heterocycles. The second-order valence-electron chi connectivity index (χ2n) is 7.12. The van der Waals surface area contributed by atoms with Crippen LogP contribution in [0.15, 0.2) is 29.3 Å². The number of likely N-dealkylation sites (tertiary alicyclic amines) is 1. The number of hydrogen-bond acceptors (Lipinski definition) is 4. The Kier molecular flexibility index (Phi) is 12.7. The van der Waals surface area contributed by atoms with Gasteiger partial charge in [-0.2, -0.15) is 0 Å². The van der Waals surface area contributed by atoms with Crippen LogP contribution in [-0.2, 0) is 9.53 Å². The van der Waals surface area contributed by atoms with Crippen LogP contribution in [0.3, 0.4) is 0 Å². The fourth-order valence-electron chi connectivity index (χ4n) is 3.24. The van der Waals surface area contributed by atoms with Crippen LogP contribution in [0, 0.1) is 12.8 Å². The molecular weight excluding hydrogens is 481 g/mol. The Bertz CT molecular complexity index is 614. The Labute approximate surface area is 192 Å². The summed E-state index contributed by atoms with van der Waals surface area (Å²) in [5.41, 5.74) is 1.24. The SMILES string of the molecule is CCNC(=NCCCCOc1ccc(C)cc1)N1CCC(C(=O)OCC)CC1.I. The van der Waals surface area contributed by atoms with Crippen molar-refractivity contribution < 1.29 is 14.3 Å². The lowest BCUT2D eigenvalue weighted by atomic mass is 9.97. The molecule has 1 N–H and O–H groups in total. The first-order valence-corrected chi connectivity index (χ1v) is 10.5. The lowest BCUT2D eigenvalue weighted by Gasteiger charge is -2.33. The molecule has 1 heterocycles. The third-order valence-electron chi connectivity index (χ3n) is 4.85. The molecule has 1 fully saturated rings. The molecule has 1 aromatic rings. The third kappa shape index (κ3) is 9.23. The quantitative estimate of drug-likeness (QED) is 0.176. The van der Waals surface area contributed by atoms with Crippen molar-refractivity contribution in [3.63, 3.8) is 0 Å². The van der Waals surface area contributed by atoms with E-state index in [0.717, 1.165) is 63.6 Å². The molecule has 0 saturated carbocycles. The van der Waals surface area contributed by atoms with Gasteiger partial charge in [0.25, 0.3) is 0 Å². The normalized spacial score (nSPS) is 14.9. The van der Waals surface area contributed by atoms with Crippen LogP contribution in [0.25, 0.3) is 0 Å². The number of nitrogens with zero attached hydrogens (tertiary/aromatic N) is 2. The highest BCUT2D eigenvalue weighted by Gasteiger charge is 2.27. The second kappa shape index (κ2) is 14.5. The number of ether oxygens (including phenoxy) is 2. The minimum atomic E-state index is -0.0577. The summed E-state index contributed by atoms with van der Waals surface area (Å²) >= 11 is 0. The molecule has 164 valence electrons. The minimum absolute atomic E-state index is 0. The lowest BCUT2D eigenvalue weighted by Crippen LogP contribution is -2.46.